The van der Waals surface area contributed by atoms with Crippen LogP contribution >= 0.6 is 0 Å². The summed E-state index contributed by atoms with van der Waals surface area (Å²) in [5.41, 5.74) is 5.93. The van der Waals surface area contributed by atoms with Crippen molar-refractivity contribution in [2.45, 2.75) is 38.3 Å². The molecule has 1 aliphatic heterocycles. The summed E-state index contributed by atoms with van der Waals surface area (Å²) in [7, 11) is 2.16. The number of hydrogen-bond acceptors (Lipinski definition) is 4. The van der Waals surface area contributed by atoms with Gasteiger partial charge in [0.05, 0.1) is 0 Å². The van der Waals surface area contributed by atoms with Gasteiger partial charge < -0.3 is 20.6 Å². The van der Waals surface area contributed by atoms with E-state index in [0.29, 0.717) is 12.5 Å². The first-order valence-corrected chi connectivity index (χ1v) is 6.46. The molecule has 4 nitrogen and oxygen atoms in total. The highest BCUT2D eigenvalue weighted by atomic mass is 16.3. The lowest BCUT2D eigenvalue weighted by molar-refractivity contribution is 0.123. The van der Waals surface area contributed by atoms with Gasteiger partial charge in [-0.05, 0) is 45.9 Å². The molecule has 0 aromatic rings. The van der Waals surface area contributed by atoms with Gasteiger partial charge in [-0.1, -0.05) is 6.92 Å². The summed E-state index contributed by atoms with van der Waals surface area (Å²) in [5.74, 6) is 0. The predicted octanol–water partition coefficient (Wildman–Crippen LogP) is 0.112. The number of rotatable bonds is 6. The van der Waals surface area contributed by atoms with Gasteiger partial charge in [0.2, 0.25) is 0 Å². The Balaban J connectivity index is 2.24. The first-order valence-electron chi connectivity index (χ1n) is 6.46. The predicted molar refractivity (Wildman–Crippen MR) is 67.4 cm³/mol. The zero-order valence-corrected chi connectivity index (χ0v) is 10.7. The molecule has 1 aliphatic rings. The van der Waals surface area contributed by atoms with Crippen molar-refractivity contribution in [2.24, 2.45) is 5.73 Å². The summed E-state index contributed by atoms with van der Waals surface area (Å²) in [6, 6.07) is 0.784. The third-order valence-electron chi connectivity index (χ3n) is 3.65. The van der Waals surface area contributed by atoms with Crippen molar-refractivity contribution in [2.75, 3.05) is 39.8 Å². The van der Waals surface area contributed by atoms with Crippen molar-refractivity contribution in [3.63, 3.8) is 0 Å². The molecule has 0 bridgehead atoms. The van der Waals surface area contributed by atoms with Gasteiger partial charge in [-0.3, -0.25) is 0 Å². The van der Waals surface area contributed by atoms with Crippen molar-refractivity contribution in [3.8, 4) is 0 Å². The zero-order valence-electron chi connectivity index (χ0n) is 10.7. The van der Waals surface area contributed by atoms with Crippen LogP contribution in [0.15, 0.2) is 0 Å². The fourth-order valence-electron chi connectivity index (χ4n) is 2.45. The van der Waals surface area contributed by atoms with E-state index in [0.717, 1.165) is 6.54 Å². The van der Waals surface area contributed by atoms with Crippen LogP contribution in [0.4, 0.5) is 0 Å². The second-order valence-corrected chi connectivity index (χ2v) is 4.88. The molecule has 0 spiro atoms. The van der Waals surface area contributed by atoms with Gasteiger partial charge in [-0.15, -0.1) is 0 Å². The molecule has 3 N–H and O–H groups in total. The minimum Gasteiger partial charge on any atom is -0.396 e. The van der Waals surface area contributed by atoms with Gasteiger partial charge in [0.15, 0.2) is 0 Å². The van der Waals surface area contributed by atoms with Gasteiger partial charge in [0.25, 0.3) is 0 Å². The largest absolute Gasteiger partial charge is 0.396 e. The molecule has 0 aromatic heterocycles. The van der Waals surface area contributed by atoms with Gasteiger partial charge in [0, 0.05) is 25.2 Å². The molecule has 0 aromatic carbocycles. The van der Waals surface area contributed by atoms with E-state index in [9.17, 15) is 0 Å². The van der Waals surface area contributed by atoms with E-state index in [-0.39, 0.29) is 12.6 Å². The number of nitrogens with two attached hydrogens (primary N) is 1. The lowest BCUT2D eigenvalue weighted by atomic mass is 10.0. The molecule has 0 amide bonds. The van der Waals surface area contributed by atoms with Crippen LogP contribution in [0, 0.1) is 0 Å². The van der Waals surface area contributed by atoms with Crippen LogP contribution < -0.4 is 5.73 Å². The van der Waals surface area contributed by atoms with Crippen molar-refractivity contribution >= 4 is 0 Å². The van der Waals surface area contributed by atoms with E-state index in [1.807, 2.05) is 0 Å². The van der Waals surface area contributed by atoms with Crippen LogP contribution in [-0.4, -0.2) is 66.8 Å². The summed E-state index contributed by atoms with van der Waals surface area (Å²) < 4.78 is 0. The minimum absolute atomic E-state index is 0.110. The number of hydrogen-bond donors (Lipinski definition) is 2. The highest BCUT2D eigenvalue weighted by Gasteiger charge is 2.22. The molecule has 1 unspecified atom stereocenters. The lowest BCUT2D eigenvalue weighted by Crippen LogP contribution is -2.47. The Hall–Kier alpha value is -0.160. The summed E-state index contributed by atoms with van der Waals surface area (Å²) in [6.45, 7) is 6.91. The third-order valence-corrected chi connectivity index (χ3v) is 3.65. The second-order valence-electron chi connectivity index (χ2n) is 4.88. The molecule has 1 atom stereocenters. The summed E-state index contributed by atoms with van der Waals surface area (Å²) in [6.07, 6.45) is 3.20. The topological polar surface area (TPSA) is 52.7 Å². The molecule has 1 saturated heterocycles. The molecule has 1 fully saturated rings. The maximum Gasteiger partial charge on any atom is 0.0446 e. The monoisotopic (exact) mass is 229 g/mol. The molecular weight excluding hydrogens is 202 g/mol. The van der Waals surface area contributed by atoms with Crippen LogP contribution in [0.25, 0.3) is 0 Å². The molecule has 4 heteroatoms. The Labute approximate surface area is 99.4 Å². The van der Waals surface area contributed by atoms with E-state index >= 15 is 0 Å². The number of nitrogens with zero attached hydrogens (tertiary/aromatic N) is 2. The van der Waals surface area contributed by atoms with Crippen LogP contribution in [0.1, 0.15) is 26.2 Å². The molecule has 1 heterocycles. The van der Waals surface area contributed by atoms with Gasteiger partial charge in [-0.2, -0.15) is 0 Å². The quantitative estimate of drug-likeness (QED) is 0.679. The van der Waals surface area contributed by atoms with Crippen LogP contribution in [0.5, 0.6) is 0 Å². The van der Waals surface area contributed by atoms with E-state index in [1.165, 1.54) is 32.5 Å². The zero-order chi connectivity index (χ0) is 12.0. The Morgan fingerprint density at radius 1 is 1.44 bits per heavy atom. The molecule has 0 radical (unpaired) electrons. The highest BCUT2D eigenvalue weighted by Crippen LogP contribution is 2.15. The SMILES string of the molecule is CCN1CCC(N(C)CC(N)CCO)CC1. The minimum atomic E-state index is 0.110. The fourth-order valence-corrected chi connectivity index (χ4v) is 2.45. The normalized spacial score (nSPS) is 21.6. The van der Waals surface area contributed by atoms with Crippen LogP contribution in [0.2, 0.25) is 0 Å². The van der Waals surface area contributed by atoms with E-state index in [1.54, 1.807) is 0 Å². The van der Waals surface area contributed by atoms with E-state index < -0.39 is 0 Å². The smallest absolute Gasteiger partial charge is 0.0446 e. The molecular formula is C12H27N3O. The van der Waals surface area contributed by atoms with Crippen LogP contribution in [0.3, 0.4) is 0 Å². The maximum absolute atomic E-state index is 8.82. The highest BCUT2D eigenvalue weighted by molar-refractivity contribution is 4.79. The molecule has 1 rings (SSSR count). The van der Waals surface area contributed by atoms with Gasteiger partial charge in [-0.25, -0.2) is 0 Å². The van der Waals surface area contributed by atoms with Crippen molar-refractivity contribution in [3.05, 3.63) is 0 Å². The molecule has 96 valence electrons. The van der Waals surface area contributed by atoms with Crippen molar-refractivity contribution < 1.29 is 5.11 Å². The number of aliphatic hydroxyl groups is 1. The number of likely N-dealkylation sites (tertiary alicyclic amines) is 1. The van der Waals surface area contributed by atoms with E-state index in [4.69, 9.17) is 10.8 Å². The number of aliphatic hydroxyl groups excluding tert-OH is 1. The lowest BCUT2D eigenvalue weighted by Gasteiger charge is -2.37. The summed E-state index contributed by atoms with van der Waals surface area (Å²) in [5, 5.41) is 8.82. The summed E-state index contributed by atoms with van der Waals surface area (Å²) in [4.78, 5) is 4.87. The standard InChI is InChI=1S/C12H27N3O/c1-3-15-7-4-12(5-8-15)14(2)10-11(13)6-9-16/h11-12,16H,3-10,13H2,1-2H3. The Kier molecular flexibility index (Phi) is 6.28. The van der Waals surface area contributed by atoms with Crippen LogP contribution in [-0.2, 0) is 0 Å². The van der Waals surface area contributed by atoms with E-state index in [2.05, 4.69) is 23.8 Å². The van der Waals surface area contributed by atoms with Gasteiger partial charge >= 0.3 is 0 Å². The third kappa shape index (κ3) is 4.37. The Bertz CT molecular complexity index is 181. The average molecular weight is 229 g/mol. The summed E-state index contributed by atoms with van der Waals surface area (Å²) >= 11 is 0. The van der Waals surface area contributed by atoms with Crippen molar-refractivity contribution in [1.82, 2.24) is 9.80 Å². The Morgan fingerprint density at radius 3 is 2.56 bits per heavy atom. The molecule has 16 heavy (non-hydrogen) atoms. The molecule has 0 aliphatic carbocycles. The average Bonchev–Trinajstić information content (AvgIpc) is 2.29. The van der Waals surface area contributed by atoms with Gasteiger partial charge in [0.1, 0.15) is 0 Å². The fraction of sp³-hybridized carbons (Fsp3) is 1.00. The Morgan fingerprint density at radius 2 is 2.06 bits per heavy atom. The van der Waals surface area contributed by atoms with Crippen molar-refractivity contribution in [1.29, 1.82) is 0 Å². The first-order chi connectivity index (χ1) is 7.67. The molecule has 0 saturated carbocycles. The number of likely N-dealkylation sites (N-methyl/N-ethyl adjacent to an activating group) is 1. The second kappa shape index (κ2) is 7.22. The first kappa shape index (κ1) is 13.9. The number of piperidine rings is 1. The maximum atomic E-state index is 8.82.